The van der Waals surface area contributed by atoms with E-state index in [9.17, 15) is 10.0 Å². The first-order valence-corrected chi connectivity index (χ1v) is 7.76. The molecule has 3 N–H and O–H groups in total. The maximum Gasteiger partial charge on any atom is 0.305 e. The number of hydrogen-bond acceptors (Lipinski definition) is 4. The third-order valence-electron chi connectivity index (χ3n) is 4.10. The van der Waals surface area contributed by atoms with Crippen molar-refractivity contribution in [2.24, 2.45) is 0 Å². The molecule has 1 aliphatic heterocycles. The van der Waals surface area contributed by atoms with Gasteiger partial charge in [-0.25, -0.2) is 0 Å². The molecule has 0 saturated carbocycles. The van der Waals surface area contributed by atoms with Gasteiger partial charge >= 0.3 is 5.91 Å². The molecule has 0 unspecified atom stereocenters. The maximum absolute atomic E-state index is 12.3. The van der Waals surface area contributed by atoms with E-state index in [0.29, 0.717) is 9.55 Å². The van der Waals surface area contributed by atoms with Gasteiger partial charge in [0.15, 0.2) is 6.54 Å². The van der Waals surface area contributed by atoms with Crippen LogP contribution in [0.5, 0.6) is 0 Å². The number of amides is 1. The van der Waals surface area contributed by atoms with Crippen molar-refractivity contribution in [1.29, 1.82) is 0 Å². The third-order valence-corrected chi connectivity index (χ3v) is 4.73. The second kappa shape index (κ2) is 7.88. The van der Waals surface area contributed by atoms with E-state index < -0.39 is 5.91 Å². The molecule has 1 heterocycles. The van der Waals surface area contributed by atoms with Crippen molar-refractivity contribution in [3.63, 3.8) is 0 Å². The molecule has 0 bridgehead atoms. The molecule has 1 aromatic rings. The Morgan fingerprint density at radius 1 is 1.35 bits per heavy atom. The van der Waals surface area contributed by atoms with Crippen molar-refractivity contribution in [2.45, 2.75) is 0 Å². The van der Waals surface area contributed by atoms with E-state index in [1.54, 1.807) is 0 Å². The number of rotatable bonds is 3. The van der Waals surface area contributed by atoms with Crippen LogP contribution in [-0.2, 0) is 4.79 Å². The molecule has 0 atom stereocenters. The number of quaternary nitrogens is 1. The fourth-order valence-corrected chi connectivity index (χ4v) is 2.91. The molecular weight excluding hydrogens is 363 g/mol. The minimum Gasteiger partial charge on any atom is -1.00 e. The van der Waals surface area contributed by atoms with Gasteiger partial charge in [0.2, 0.25) is 0 Å². The lowest BCUT2D eigenvalue weighted by Crippen LogP contribution is -3.00. The average molecular weight is 384 g/mol. The second-order valence-corrected chi connectivity index (χ2v) is 6.87. The summed E-state index contributed by atoms with van der Waals surface area (Å²) in [6, 6.07) is 2.84. The zero-order valence-electron chi connectivity index (χ0n) is 13.1. The molecule has 130 valence electrons. The van der Waals surface area contributed by atoms with Gasteiger partial charge in [0.25, 0.3) is 0 Å². The van der Waals surface area contributed by atoms with E-state index in [4.69, 9.17) is 28.9 Å². The summed E-state index contributed by atoms with van der Waals surface area (Å²) in [5.41, 5.74) is 6.10. The lowest BCUT2D eigenvalue weighted by Gasteiger charge is -2.40. The maximum atomic E-state index is 12.3. The van der Waals surface area contributed by atoms with E-state index in [-0.39, 0.29) is 40.4 Å². The van der Waals surface area contributed by atoms with Crippen LogP contribution in [-0.4, -0.2) is 67.3 Å². The minimum atomic E-state index is -0.399. The number of carbonyl (C=O) groups is 1. The normalized spacial score (nSPS) is 17.4. The van der Waals surface area contributed by atoms with Crippen molar-refractivity contribution in [2.75, 3.05) is 57.6 Å². The number of anilines is 2. The standard InChI is InChI=1S/C14H21Cl2N4O2.ClH/c1-18-3-5-20(2,6-4-18)9-13(21)19(22)10-7-11(15)14(17)12(16)8-10;/h7-8,22H,3-6,9,17H2,1-2H3;1H/q+1;/p-1. The van der Waals surface area contributed by atoms with E-state index in [1.165, 1.54) is 12.1 Å². The summed E-state index contributed by atoms with van der Waals surface area (Å²) < 4.78 is 0.594. The molecule has 1 fully saturated rings. The van der Waals surface area contributed by atoms with Crippen LogP contribution in [0.3, 0.4) is 0 Å². The van der Waals surface area contributed by atoms with Crippen LogP contribution in [0.15, 0.2) is 12.1 Å². The molecule has 0 radical (unpaired) electrons. The number of halogens is 3. The third kappa shape index (κ3) is 4.86. The summed E-state index contributed by atoms with van der Waals surface area (Å²) in [4.78, 5) is 14.6. The van der Waals surface area contributed by atoms with Crippen LogP contribution in [0.1, 0.15) is 0 Å². The molecule has 0 spiro atoms. The number of nitrogens with two attached hydrogens (primary N) is 1. The largest absolute Gasteiger partial charge is 1.00 e. The van der Waals surface area contributed by atoms with Crippen LogP contribution in [0.4, 0.5) is 11.4 Å². The topological polar surface area (TPSA) is 69.8 Å². The Hall–Kier alpha value is -0.760. The molecule has 6 nitrogen and oxygen atoms in total. The number of hydroxylamine groups is 1. The van der Waals surface area contributed by atoms with Crippen molar-refractivity contribution < 1.29 is 26.9 Å². The number of hydrogen-bond donors (Lipinski definition) is 2. The van der Waals surface area contributed by atoms with Crippen LogP contribution in [0.25, 0.3) is 0 Å². The van der Waals surface area contributed by atoms with Gasteiger partial charge < -0.3 is 22.6 Å². The van der Waals surface area contributed by atoms with Gasteiger partial charge in [-0.05, 0) is 19.2 Å². The highest BCUT2D eigenvalue weighted by atomic mass is 35.5. The Labute approximate surface area is 152 Å². The number of likely N-dealkylation sites (N-methyl/N-ethyl adjacent to an activating group) is 2. The van der Waals surface area contributed by atoms with E-state index in [0.717, 1.165) is 26.2 Å². The Kier molecular flexibility index (Phi) is 6.95. The van der Waals surface area contributed by atoms with Gasteiger partial charge in [-0.1, -0.05) is 23.2 Å². The Bertz CT molecular complexity index is 554. The quantitative estimate of drug-likeness (QED) is 0.294. The molecule has 2 rings (SSSR count). The van der Waals surface area contributed by atoms with Crippen LogP contribution in [0.2, 0.25) is 10.0 Å². The van der Waals surface area contributed by atoms with E-state index >= 15 is 0 Å². The summed E-state index contributed by atoms with van der Waals surface area (Å²) in [5, 5.41) is 11.1. The molecule has 1 aliphatic rings. The first kappa shape index (κ1) is 20.3. The van der Waals surface area contributed by atoms with Crippen molar-refractivity contribution in [3.8, 4) is 0 Å². The first-order valence-electron chi connectivity index (χ1n) is 7.00. The number of nitrogen functional groups attached to an aromatic ring is 1. The Morgan fingerprint density at radius 2 is 1.83 bits per heavy atom. The zero-order valence-corrected chi connectivity index (χ0v) is 15.4. The van der Waals surface area contributed by atoms with Crippen LogP contribution in [0, 0.1) is 0 Å². The number of piperazine rings is 1. The molecule has 0 aliphatic carbocycles. The van der Waals surface area contributed by atoms with Crippen LogP contribution >= 0.6 is 23.2 Å². The first-order chi connectivity index (χ1) is 10.2. The Morgan fingerprint density at radius 3 is 2.30 bits per heavy atom. The molecular formula is C14H21Cl3N4O2. The lowest BCUT2D eigenvalue weighted by molar-refractivity contribution is -0.906. The highest BCUT2D eigenvalue weighted by Crippen LogP contribution is 2.32. The van der Waals surface area contributed by atoms with E-state index in [1.807, 2.05) is 7.05 Å². The van der Waals surface area contributed by atoms with Crippen molar-refractivity contribution >= 4 is 40.5 Å². The van der Waals surface area contributed by atoms with Gasteiger partial charge in [-0.15, -0.1) is 0 Å². The SMILES string of the molecule is CN1CC[N+](C)(CC(=O)N(O)c2cc(Cl)c(N)c(Cl)c2)CC1.[Cl-]. The van der Waals surface area contributed by atoms with Gasteiger partial charge in [-0.2, -0.15) is 5.06 Å². The molecule has 23 heavy (non-hydrogen) atoms. The summed E-state index contributed by atoms with van der Waals surface area (Å²) in [7, 11) is 4.07. The fourth-order valence-electron chi connectivity index (χ4n) is 2.44. The number of nitrogens with zero attached hydrogens (tertiary/aromatic N) is 3. The smallest absolute Gasteiger partial charge is 0.305 e. The second-order valence-electron chi connectivity index (χ2n) is 6.06. The molecule has 1 amide bonds. The summed E-state index contributed by atoms with van der Waals surface area (Å²) in [6.45, 7) is 3.78. The predicted octanol–water partition coefficient (Wildman–Crippen LogP) is -1.31. The van der Waals surface area contributed by atoms with Gasteiger partial charge in [0.05, 0.1) is 41.6 Å². The number of carbonyl (C=O) groups excluding carboxylic acids is 1. The van der Waals surface area contributed by atoms with Gasteiger partial charge in [0.1, 0.15) is 0 Å². The predicted molar refractivity (Wildman–Crippen MR) is 88.4 cm³/mol. The Balaban J connectivity index is 0.00000264. The monoisotopic (exact) mass is 382 g/mol. The van der Waals surface area contributed by atoms with Crippen molar-refractivity contribution in [1.82, 2.24) is 4.90 Å². The van der Waals surface area contributed by atoms with Gasteiger partial charge in [0, 0.05) is 13.1 Å². The summed E-state index contributed by atoms with van der Waals surface area (Å²) >= 11 is 11.9. The summed E-state index contributed by atoms with van der Waals surface area (Å²) in [6.07, 6.45) is 0. The molecule has 1 saturated heterocycles. The highest BCUT2D eigenvalue weighted by Gasteiger charge is 2.32. The lowest BCUT2D eigenvalue weighted by atomic mass is 10.2. The minimum absolute atomic E-state index is 0. The zero-order chi connectivity index (χ0) is 16.5. The van der Waals surface area contributed by atoms with Crippen molar-refractivity contribution in [3.05, 3.63) is 22.2 Å². The average Bonchev–Trinajstić information content (AvgIpc) is 2.46. The molecule has 0 aromatic heterocycles. The van der Waals surface area contributed by atoms with Gasteiger partial charge in [-0.3, -0.25) is 14.9 Å². The molecule has 1 aromatic carbocycles. The van der Waals surface area contributed by atoms with E-state index in [2.05, 4.69) is 11.9 Å². The highest BCUT2D eigenvalue weighted by molar-refractivity contribution is 6.39. The fraction of sp³-hybridized carbons (Fsp3) is 0.500. The summed E-state index contributed by atoms with van der Waals surface area (Å²) in [5.74, 6) is -0.399. The van der Waals surface area contributed by atoms with Crippen LogP contribution < -0.4 is 23.2 Å². The number of benzene rings is 1. The molecule has 9 heteroatoms.